The second kappa shape index (κ2) is 18.6. The fourth-order valence-corrected chi connectivity index (χ4v) is 7.88. The van der Waals surface area contributed by atoms with E-state index in [-0.39, 0.29) is 0 Å². The Hall–Kier alpha value is -6.84. The van der Waals surface area contributed by atoms with E-state index in [1.165, 1.54) is 22.3 Å². The minimum Gasteiger partial charge on any atom is -0.437 e. The molecule has 0 aliphatic rings. The van der Waals surface area contributed by atoms with Crippen LogP contribution in [0.2, 0.25) is 0 Å². The van der Waals surface area contributed by atoms with Crippen LogP contribution < -0.4 is 9.47 Å². The molecule has 4 heterocycles. The summed E-state index contributed by atoms with van der Waals surface area (Å²) in [6, 6.07) is 40.7. The number of hydrogen-bond acceptors (Lipinski definition) is 7. The van der Waals surface area contributed by atoms with Gasteiger partial charge in [0.25, 0.3) is 0 Å². The zero-order chi connectivity index (χ0) is 42.3. The first-order valence-corrected chi connectivity index (χ1v) is 21.0. The SMILES string of the molecule is Cc1nc(Oc2ccccc2)c2nc(C)n(CCC(=CCOCC=C(CCn3c(C)nc4c(Oc5ccccc5)nc(C)c(C)c43)c3ccccc3)c3ccccc3)c2c1C. The molecule has 0 aliphatic heterocycles. The first-order valence-electron chi connectivity index (χ1n) is 21.0. The highest BCUT2D eigenvalue weighted by atomic mass is 16.5. The van der Waals surface area contributed by atoms with Crippen molar-refractivity contribution in [1.29, 1.82) is 0 Å². The summed E-state index contributed by atoms with van der Waals surface area (Å²) in [5.41, 5.74) is 12.5. The van der Waals surface area contributed by atoms with Gasteiger partial charge in [0, 0.05) is 24.5 Å². The molecule has 0 bridgehead atoms. The lowest BCUT2D eigenvalue weighted by atomic mass is 10.0. The van der Waals surface area contributed by atoms with Crippen molar-refractivity contribution in [3.8, 4) is 23.3 Å². The Morgan fingerprint density at radius 3 is 1.21 bits per heavy atom. The first-order chi connectivity index (χ1) is 29.7. The Labute approximate surface area is 358 Å². The molecule has 0 N–H and O–H groups in total. The molecule has 4 aromatic carbocycles. The van der Waals surface area contributed by atoms with Crippen molar-refractivity contribution >= 4 is 33.2 Å². The maximum atomic E-state index is 6.37. The van der Waals surface area contributed by atoms with Crippen LogP contribution in [0, 0.1) is 41.5 Å². The van der Waals surface area contributed by atoms with Gasteiger partial charge in [0.05, 0.1) is 24.2 Å². The number of allylic oxidation sites excluding steroid dienone is 2. The molecule has 308 valence electrons. The zero-order valence-corrected chi connectivity index (χ0v) is 35.9. The van der Waals surface area contributed by atoms with E-state index in [1.54, 1.807) is 0 Å². The largest absolute Gasteiger partial charge is 0.437 e. The molecule has 0 fully saturated rings. The molecular weight excluding hydrogens is 757 g/mol. The standard InChI is InChI=1S/C52H52N6O3/c1-35-37(3)53-51(60-45-23-15-9-16-24-45)47-49(35)57(39(5)55-47)31-27-43(41-19-11-7-12-20-41)29-33-59-34-30-44(42-21-13-8-14-22-42)28-32-58-40(6)56-48-50(58)36(2)38(4)54-52(48)61-46-25-17-10-18-26-46/h7-26,29-30H,27-28,31-34H2,1-6H3. The number of ether oxygens (including phenoxy) is 3. The Morgan fingerprint density at radius 2 is 0.836 bits per heavy atom. The van der Waals surface area contributed by atoms with Crippen molar-refractivity contribution in [1.82, 2.24) is 29.1 Å². The van der Waals surface area contributed by atoms with Crippen LogP contribution in [0.25, 0.3) is 33.2 Å². The number of aryl methyl sites for hydroxylation is 8. The van der Waals surface area contributed by atoms with Gasteiger partial charge in [-0.1, -0.05) is 109 Å². The van der Waals surface area contributed by atoms with E-state index in [0.717, 1.165) is 93.7 Å². The molecule has 8 aromatic rings. The van der Waals surface area contributed by atoms with Crippen molar-refractivity contribution in [3.63, 3.8) is 0 Å². The van der Waals surface area contributed by atoms with E-state index in [1.807, 2.05) is 74.5 Å². The maximum Gasteiger partial charge on any atom is 0.247 e. The van der Waals surface area contributed by atoms with Gasteiger partial charge < -0.3 is 23.3 Å². The molecule has 0 radical (unpaired) electrons. The van der Waals surface area contributed by atoms with Crippen molar-refractivity contribution in [2.24, 2.45) is 0 Å². The van der Waals surface area contributed by atoms with Gasteiger partial charge in [-0.2, -0.15) is 0 Å². The summed E-state index contributed by atoms with van der Waals surface area (Å²) >= 11 is 0. The van der Waals surface area contributed by atoms with Crippen LogP contribution in [0.3, 0.4) is 0 Å². The molecule has 0 saturated heterocycles. The minimum atomic E-state index is 0.477. The third-order valence-electron chi connectivity index (χ3n) is 11.4. The molecule has 0 aliphatic carbocycles. The van der Waals surface area contributed by atoms with Crippen molar-refractivity contribution in [3.05, 3.63) is 179 Å². The third-order valence-corrected chi connectivity index (χ3v) is 11.4. The molecule has 9 nitrogen and oxygen atoms in total. The number of benzene rings is 4. The fraction of sp³-hybridized carbons (Fsp3) is 0.231. The molecule has 0 atom stereocenters. The molecule has 8 rings (SSSR count). The predicted octanol–water partition coefficient (Wildman–Crippen LogP) is 12.3. The normalized spacial score (nSPS) is 12.1. The van der Waals surface area contributed by atoms with Gasteiger partial charge in [-0.15, -0.1) is 0 Å². The summed E-state index contributed by atoms with van der Waals surface area (Å²) in [6.45, 7) is 14.8. The van der Waals surface area contributed by atoms with Gasteiger partial charge in [-0.3, -0.25) is 0 Å². The lowest BCUT2D eigenvalue weighted by molar-refractivity contribution is 0.194. The fourth-order valence-electron chi connectivity index (χ4n) is 7.88. The predicted molar refractivity (Wildman–Crippen MR) is 245 cm³/mol. The number of rotatable bonds is 16. The number of hydrogen-bond donors (Lipinski definition) is 0. The molecule has 0 amide bonds. The molecule has 0 unspecified atom stereocenters. The highest BCUT2D eigenvalue weighted by Crippen LogP contribution is 2.34. The summed E-state index contributed by atoms with van der Waals surface area (Å²) < 4.78 is 23.5. The minimum absolute atomic E-state index is 0.477. The van der Waals surface area contributed by atoms with Gasteiger partial charge >= 0.3 is 0 Å². The van der Waals surface area contributed by atoms with Crippen LogP contribution in [0.4, 0.5) is 0 Å². The second-order valence-corrected chi connectivity index (χ2v) is 15.3. The number of para-hydroxylation sites is 2. The summed E-state index contributed by atoms with van der Waals surface area (Å²) in [5, 5.41) is 0. The zero-order valence-electron chi connectivity index (χ0n) is 35.9. The average molecular weight is 809 g/mol. The van der Waals surface area contributed by atoms with Crippen molar-refractivity contribution in [2.45, 2.75) is 67.5 Å². The number of imidazole rings is 2. The highest BCUT2D eigenvalue weighted by molar-refractivity contribution is 5.86. The van der Waals surface area contributed by atoms with E-state index in [0.29, 0.717) is 25.0 Å². The van der Waals surface area contributed by atoms with Gasteiger partial charge in [0.1, 0.15) is 23.1 Å². The molecular formula is C52H52N6O3. The number of aromatic nitrogens is 6. The lowest BCUT2D eigenvalue weighted by Crippen LogP contribution is -2.05. The Kier molecular flexibility index (Phi) is 12.5. The lowest BCUT2D eigenvalue weighted by Gasteiger charge is -2.14. The van der Waals surface area contributed by atoms with Crippen LogP contribution >= 0.6 is 0 Å². The summed E-state index contributed by atoms with van der Waals surface area (Å²) in [7, 11) is 0. The van der Waals surface area contributed by atoms with Crippen LogP contribution in [-0.4, -0.2) is 42.3 Å². The molecule has 4 aromatic heterocycles. The van der Waals surface area contributed by atoms with Gasteiger partial charge in [-0.25, -0.2) is 19.9 Å². The van der Waals surface area contributed by atoms with Gasteiger partial charge in [0.2, 0.25) is 11.8 Å². The van der Waals surface area contributed by atoms with E-state index < -0.39 is 0 Å². The van der Waals surface area contributed by atoms with E-state index in [4.69, 9.17) is 34.1 Å². The monoisotopic (exact) mass is 808 g/mol. The molecule has 9 heteroatoms. The molecule has 0 saturated carbocycles. The van der Waals surface area contributed by atoms with E-state index in [9.17, 15) is 0 Å². The highest BCUT2D eigenvalue weighted by Gasteiger charge is 2.21. The van der Waals surface area contributed by atoms with Crippen LogP contribution in [0.5, 0.6) is 23.3 Å². The van der Waals surface area contributed by atoms with E-state index >= 15 is 0 Å². The van der Waals surface area contributed by atoms with Gasteiger partial charge in [0.15, 0.2) is 11.0 Å². The topological polar surface area (TPSA) is 89.1 Å². The summed E-state index contributed by atoms with van der Waals surface area (Å²) in [6.07, 6.45) is 6.04. The number of nitrogens with zero attached hydrogens (tertiary/aromatic N) is 6. The van der Waals surface area contributed by atoms with Gasteiger partial charge in [-0.05, 0) is 112 Å². The third kappa shape index (κ3) is 9.17. The van der Waals surface area contributed by atoms with Crippen molar-refractivity contribution < 1.29 is 14.2 Å². The molecule has 0 spiro atoms. The average Bonchev–Trinajstić information content (AvgIpc) is 3.80. The number of pyridine rings is 2. The summed E-state index contributed by atoms with van der Waals surface area (Å²) in [5.74, 6) is 4.38. The Morgan fingerprint density at radius 1 is 0.475 bits per heavy atom. The molecule has 61 heavy (non-hydrogen) atoms. The van der Waals surface area contributed by atoms with Crippen LogP contribution in [0.1, 0.15) is 58.1 Å². The van der Waals surface area contributed by atoms with Crippen LogP contribution in [0.15, 0.2) is 133 Å². The Balaban J connectivity index is 0.999. The Bertz CT molecular complexity index is 2630. The quantitative estimate of drug-likeness (QED) is 0.0898. The summed E-state index contributed by atoms with van der Waals surface area (Å²) in [4.78, 5) is 19.6. The maximum absolute atomic E-state index is 6.37. The smallest absolute Gasteiger partial charge is 0.247 e. The van der Waals surface area contributed by atoms with Crippen LogP contribution in [-0.2, 0) is 17.8 Å². The van der Waals surface area contributed by atoms with Crippen molar-refractivity contribution in [2.75, 3.05) is 13.2 Å². The second-order valence-electron chi connectivity index (χ2n) is 15.3. The first kappa shape index (κ1) is 40.9. The number of fused-ring (bicyclic) bond motifs is 2. The van der Waals surface area contributed by atoms with E-state index in [2.05, 4.69) is 110 Å².